The summed E-state index contributed by atoms with van der Waals surface area (Å²) in [5.41, 5.74) is 2.60. The van der Waals surface area contributed by atoms with Crippen molar-refractivity contribution in [3.8, 4) is 0 Å². The van der Waals surface area contributed by atoms with Gasteiger partial charge in [0.1, 0.15) is 0 Å². The Balaban J connectivity index is 2.15. The van der Waals surface area contributed by atoms with Crippen molar-refractivity contribution in [2.24, 2.45) is 5.41 Å². The molecule has 3 nitrogen and oxygen atoms in total. The van der Waals surface area contributed by atoms with Crippen LogP contribution in [0.5, 0.6) is 0 Å². The summed E-state index contributed by atoms with van der Waals surface area (Å²) in [7, 11) is 0. The van der Waals surface area contributed by atoms with Crippen LogP contribution in [0, 0.1) is 12.3 Å². The number of hydrogen-bond acceptors (Lipinski definition) is 2. The average molecular weight is 298 g/mol. The molecule has 1 aliphatic carbocycles. The normalized spacial score (nSPS) is 17.8. The third kappa shape index (κ3) is 3.37. The van der Waals surface area contributed by atoms with E-state index in [1.807, 2.05) is 6.92 Å². The second-order valence-electron chi connectivity index (χ2n) is 6.22. The van der Waals surface area contributed by atoms with Gasteiger partial charge in [0, 0.05) is 13.1 Å². The van der Waals surface area contributed by atoms with Crippen molar-refractivity contribution in [3.63, 3.8) is 0 Å². The van der Waals surface area contributed by atoms with Crippen LogP contribution in [0.25, 0.3) is 0 Å². The highest BCUT2D eigenvalue weighted by Gasteiger charge is 2.35. The van der Waals surface area contributed by atoms with E-state index in [0.717, 1.165) is 36.8 Å². The second kappa shape index (κ2) is 6.95. The summed E-state index contributed by atoms with van der Waals surface area (Å²) in [6, 6.07) is 0. The Bertz CT molecular complexity index is 433. The van der Waals surface area contributed by atoms with Crippen LogP contribution in [0.3, 0.4) is 0 Å². The number of hydrogen-bond donors (Lipinski definition) is 1. The number of nitrogens with zero attached hydrogens (tertiary/aromatic N) is 2. The monoisotopic (exact) mass is 297 g/mol. The highest BCUT2D eigenvalue weighted by Crippen LogP contribution is 2.42. The summed E-state index contributed by atoms with van der Waals surface area (Å²) in [5.74, 6) is 0. The van der Waals surface area contributed by atoms with Crippen molar-refractivity contribution < 1.29 is 0 Å². The maximum atomic E-state index is 6.49. The first-order valence-corrected chi connectivity index (χ1v) is 8.42. The Morgan fingerprint density at radius 2 is 2.00 bits per heavy atom. The number of halogens is 1. The van der Waals surface area contributed by atoms with E-state index >= 15 is 0 Å². The smallest absolute Gasteiger partial charge is 0.0847 e. The zero-order valence-corrected chi connectivity index (χ0v) is 13.9. The minimum Gasteiger partial charge on any atom is -0.316 e. The molecule has 1 fully saturated rings. The van der Waals surface area contributed by atoms with E-state index in [1.165, 1.54) is 37.8 Å². The molecule has 0 aliphatic heterocycles. The number of aromatic nitrogens is 2. The Morgan fingerprint density at radius 3 is 2.60 bits per heavy atom. The standard InChI is InChI=1S/C16H28ClN3/c1-4-10-18-12-16(8-6-7-9-16)11-14-15(17)13(3)19-20(14)5-2/h18H,4-12H2,1-3H3. The van der Waals surface area contributed by atoms with Crippen LogP contribution in [-0.2, 0) is 13.0 Å². The minimum atomic E-state index is 0.387. The van der Waals surface area contributed by atoms with Crippen LogP contribution in [0.2, 0.25) is 5.02 Å². The lowest BCUT2D eigenvalue weighted by atomic mass is 9.81. The van der Waals surface area contributed by atoms with Crippen molar-refractivity contribution in [2.75, 3.05) is 13.1 Å². The molecule has 1 saturated carbocycles. The lowest BCUT2D eigenvalue weighted by Gasteiger charge is -2.30. The molecule has 0 unspecified atom stereocenters. The predicted octanol–water partition coefficient (Wildman–Crippen LogP) is 3.97. The largest absolute Gasteiger partial charge is 0.316 e. The van der Waals surface area contributed by atoms with Gasteiger partial charge in [-0.1, -0.05) is 31.4 Å². The van der Waals surface area contributed by atoms with Crippen LogP contribution < -0.4 is 5.32 Å². The average Bonchev–Trinajstić information content (AvgIpc) is 3.00. The first-order chi connectivity index (χ1) is 9.62. The molecule has 1 aliphatic rings. The quantitative estimate of drug-likeness (QED) is 0.772. The molecule has 114 valence electrons. The van der Waals surface area contributed by atoms with Gasteiger partial charge in [0.25, 0.3) is 0 Å². The third-order valence-corrected chi connectivity index (χ3v) is 5.08. The Morgan fingerprint density at radius 1 is 1.30 bits per heavy atom. The van der Waals surface area contributed by atoms with Gasteiger partial charge >= 0.3 is 0 Å². The Labute approximate surface area is 128 Å². The van der Waals surface area contributed by atoms with E-state index in [9.17, 15) is 0 Å². The lowest BCUT2D eigenvalue weighted by molar-refractivity contribution is 0.271. The third-order valence-electron chi connectivity index (χ3n) is 4.59. The highest BCUT2D eigenvalue weighted by molar-refractivity contribution is 6.31. The SMILES string of the molecule is CCCNCC1(Cc2c(Cl)c(C)nn2CC)CCCC1. The van der Waals surface area contributed by atoms with E-state index in [1.54, 1.807) is 0 Å². The molecule has 4 heteroatoms. The molecule has 0 spiro atoms. The van der Waals surface area contributed by atoms with Gasteiger partial charge in [-0.25, -0.2) is 0 Å². The lowest BCUT2D eigenvalue weighted by Crippen LogP contribution is -2.35. The van der Waals surface area contributed by atoms with Gasteiger partial charge in [0.2, 0.25) is 0 Å². The number of rotatable bonds is 7. The summed E-state index contributed by atoms with van der Waals surface area (Å²) < 4.78 is 2.09. The molecule has 2 rings (SSSR count). The van der Waals surface area contributed by atoms with Crippen molar-refractivity contribution >= 4 is 11.6 Å². The van der Waals surface area contributed by atoms with Crippen molar-refractivity contribution in [2.45, 2.75) is 65.8 Å². The van der Waals surface area contributed by atoms with Gasteiger partial charge in [-0.15, -0.1) is 0 Å². The molecule has 1 heterocycles. The molecular weight excluding hydrogens is 270 g/mol. The summed E-state index contributed by atoms with van der Waals surface area (Å²) >= 11 is 6.49. The second-order valence-corrected chi connectivity index (χ2v) is 6.60. The summed E-state index contributed by atoms with van der Waals surface area (Å²) in [4.78, 5) is 0. The van der Waals surface area contributed by atoms with E-state index < -0.39 is 0 Å². The van der Waals surface area contributed by atoms with Crippen LogP contribution in [0.1, 0.15) is 57.3 Å². The molecule has 0 bridgehead atoms. The summed E-state index contributed by atoms with van der Waals surface area (Å²) in [5, 5.41) is 9.07. The minimum absolute atomic E-state index is 0.387. The van der Waals surface area contributed by atoms with E-state index in [-0.39, 0.29) is 0 Å². The molecule has 20 heavy (non-hydrogen) atoms. The van der Waals surface area contributed by atoms with Crippen molar-refractivity contribution in [1.82, 2.24) is 15.1 Å². The first-order valence-electron chi connectivity index (χ1n) is 8.04. The topological polar surface area (TPSA) is 29.9 Å². The van der Waals surface area contributed by atoms with Gasteiger partial charge in [-0.3, -0.25) is 4.68 Å². The van der Waals surface area contributed by atoms with Gasteiger partial charge in [0.15, 0.2) is 0 Å². The van der Waals surface area contributed by atoms with Crippen LogP contribution in [-0.4, -0.2) is 22.9 Å². The Hall–Kier alpha value is -0.540. The molecule has 0 saturated heterocycles. The Kier molecular flexibility index (Phi) is 5.50. The molecule has 1 aromatic rings. The first kappa shape index (κ1) is 15.8. The molecule has 1 N–H and O–H groups in total. The molecule has 0 radical (unpaired) electrons. The maximum absolute atomic E-state index is 6.49. The number of aryl methyl sites for hydroxylation is 2. The fourth-order valence-corrected chi connectivity index (χ4v) is 3.67. The fourth-order valence-electron chi connectivity index (χ4n) is 3.46. The molecule has 0 atom stereocenters. The zero-order chi connectivity index (χ0) is 14.6. The molecule has 0 amide bonds. The van der Waals surface area contributed by atoms with E-state index in [4.69, 9.17) is 11.6 Å². The zero-order valence-electron chi connectivity index (χ0n) is 13.1. The fraction of sp³-hybridized carbons (Fsp3) is 0.812. The van der Waals surface area contributed by atoms with E-state index in [0.29, 0.717) is 5.41 Å². The van der Waals surface area contributed by atoms with Crippen LogP contribution >= 0.6 is 11.6 Å². The van der Waals surface area contributed by atoms with Gasteiger partial charge in [0.05, 0.1) is 16.4 Å². The number of nitrogens with one attached hydrogen (secondary N) is 1. The maximum Gasteiger partial charge on any atom is 0.0847 e. The predicted molar refractivity (Wildman–Crippen MR) is 85.4 cm³/mol. The van der Waals surface area contributed by atoms with Crippen molar-refractivity contribution in [3.05, 3.63) is 16.4 Å². The highest BCUT2D eigenvalue weighted by atomic mass is 35.5. The van der Waals surface area contributed by atoms with Crippen molar-refractivity contribution in [1.29, 1.82) is 0 Å². The van der Waals surface area contributed by atoms with Crippen LogP contribution in [0.4, 0.5) is 0 Å². The molecule has 1 aromatic heterocycles. The van der Waals surface area contributed by atoms with Gasteiger partial charge in [-0.05, 0) is 51.5 Å². The van der Waals surface area contributed by atoms with E-state index in [2.05, 4.69) is 28.9 Å². The summed E-state index contributed by atoms with van der Waals surface area (Å²) in [6.45, 7) is 9.51. The van der Waals surface area contributed by atoms with Crippen LogP contribution in [0.15, 0.2) is 0 Å². The molecule has 0 aromatic carbocycles. The summed E-state index contributed by atoms with van der Waals surface area (Å²) in [6.07, 6.45) is 7.59. The van der Waals surface area contributed by atoms with Gasteiger partial charge in [-0.2, -0.15) is 5.10 Å². The van der Waals surface area contributed by atoms with Gasteiger partial charge < -0.3 is 5.32 Å². The molecular formula is C16H28ClN3.